The van der Waals surface area contributed by atoms with Crippen molar-refractivity contribution in [1.29, 1.82) is 0 Å². The topological polar surface area (TPSA) is 0 Å². The van der Waals surface area contributed by atoms with Crippen molar-refractivity contribution in [2.75, 3.05) is 0 Å². The molecule has 96 valence electrons. The van der Waals surface area contributed by atoms with E-state index in [2.05, 4.69) is 39.8 Å². The maximum Gasteiger partial charge on any atom is -0.0351 e. The van der Waals surface area contributed by atoms with E-state index in [1.807, 2.05) is 0 Å². The molecule has 0 rings (SSSR count). The second kappa shape index (κ2) is 11.2. The molecule has 16 heavy (non-hydrogen) atoms. The van der Waals surface area contributed by atoms with Gasteiger partial charge in [-0.15, -0.1) is 0 Å². The Labute approximate surface area is 104 Å². The van der Waals surface area contributed by atoms with Gasteiger partial charge in [-0.2, -0.15) is 0 Å². The monoisotopic (exact) mass is 224 g/mol. The average molecular weight is 224 g/mol. The van der Waals surface area contributed by atoms with Gasteiger partial charge in [0.25, 0.3) is 0 Å². The molecule has 0 aliphatic rings. The molecule has 0 unspecified atom stereocenters. The lowest BCUT2D eigenvalue weighted by atomic mass is 10.0. The van der Waals surface area contributed by atoms with E-state index < -0.39 is 0 Å². The second-order valence-electron chi connectivity index (χ2n) is 5.83. The van der Waals surface area contributed by atoms with Crippen molar-refractivity contribution in [3.05, 3.63) is 12.2 Å². The van der Waals surface area contributed by atoms with E-state index in [1.54, 1.807) is 0 Å². The van der Waals surface area contributed by atoms with Gasteiger partial charge in [0.05, 0.1) is 0 Å². The molecule has 0 aliphatic carbocycles. The Morgan fingerprint density at radius 2 is 1.12 bits per heavy atom. The highest BCUT2D eigenvalue weighted by Gasteiger charge is 1.93. The zero-order valence-electron chi connectivity index (χ0n) is 12.0. The molecule has 0 aliphatic heterocycles. The van der Waals surface area contributed by atoms with Gasteiger partial charge in [0.15, 0.2) is 0 Å². The van der Waals surface area contributed by atoms with Gasteiger partial charge in [-0.1, -0.05) is 65.5 Å². The summed E-state index contributed by atoms with van der Waals surface area (Å²) in [7, 11) is 0. The molecule has 0 heterocycles. The molecule has 0 aromatic heterocycles. The highest BCUT2D eigenvalue weighted by Crippen LogP contribution is 2.10. The molecule has 0 heteroatoms. The van der Waals surface area contributed by atoms with Crippen LogP contribution in [0.5, 0.6) is 0 Å². The van der Waals surface area contributed by atoms with Gasteiger partial charge in [-0.3, -0.25) is 0 Å². The fraction of sp³-hybridized carbons (Fsp3) is 0.875. The van der Waals surface area contributed by atoms with Gasteiger partial charge < -0.3 is 0 Å². The third-order valence-corrected chi connectivity index (χ3v) is 2.97. The van der Waals surface area contributed by atoms with Gasteiger partial charge in [0.1, 0.15) is 0 Å². The molecule has 0 aromatic carbocycles. The van der Waals surface area contributed by atoms with Crippen LogP contribution in [0.1, 0.15) is 79.1 Å². The Kier molecular flexibility index (Phi) is 11.0. The van der Waals surface area contributed by atoms with Crippen LogP contribution in [-0.4, -0.2) is 0 Å². The zero-order valence-corrected chi connectivity index (χ0v) is 12.0. The first-order chi connectivity index (χ1) is 7.63. The van der Waals surface area contributed by atoms with Crippen molar-refractivity contribution in [3.63, 3.8) is 0 Å². The van der Waals surface area contributed by atoms with Crippen LogP contribution in [-0.2, 0) is 0 Å². The van der Waals surface area contributed by atoms with Gasteiger partial charge in [0.2, 0.25) is 0 Å². The van der Waals surface area contributed by atoms with E-state index in [0.717, 1.165) is 11.8 Å². The predicted octanol–water partition coefficient (Wildman–Crippen LogP) is 5.98. The van der Waals surface area contributed by atoms with Crippen LogP contribution < -0.4 is 0 Å². The van der Waals surface area contributed by atoms with E-state index in [4.69, 9.17) is 0 Å². The van der Waals surface area contributed by atoms with Gasteiger partial charge in [-0.05, 0) is 37.5 Å². The van der Waals surface area contributed by atoms with Crippen molar-refractivity contribution in [3.8, 4) is 0 Å². The van der Waals surface area contributed by atoms with E-state index >= 15 is 0 Å². The molecular weight excluding hydrogens is 192 g/mol. The Morgan fingerprint density at radius 3 is 1.69 bits per heavy atom. The van der Waals surface area contributed by atoms with Crippen LogP contribution in [0.15, 0.2) is 12.2 Å². The minimum atomic E-state index is 0.865. The van der Waals surface area contributed by atoms with Crippen molar-refractivity contribution >= 4 is 0 Å². The fourth-order valence-corrected chi connectivity index (χ4v) is 1.87. The van der Waals surface area contributed by atoms with Gasteiger partial charge in [-0.25, -0.2) is 0 Å². The van der Waals surface area contributed by atoms with Crippen molar-refractivity contribution < 1.29 is 0 Å². The lowest BCUT2D eigenvalue weighted by Gasteiger charge is -2.02. The third-order valence-electron chi connectivity index (χ3n) is 2.97. The fourth-order valence-electron chi connectivity index (χ4n) is 1.87. The van der Waals surface area contributed by atoms with Crippen LogP contribution in [0.25, 0.3) is 0 Å². The standard InChI is InChI=1S/C16H32/c1-15(2)13-11-9-7-5-6-8-10-12-14-16(3)4/h5,7,15-16H,6,8-14H2,1-4H3/b7-5+. The number of rotatable bonds is 10. The summed E-state index contributed by atoms with van der Waals surface area (Å²) >= 11 is 0. The molecule has 0 N–H and O–H groups in total. The summed E-state index contributed by atoms with van der Waals surface area (Å²) in [6, 6.07) is 0. The molecule has 0 bridgehead atoms. The van der Waals surface area contributed by atoms with Gasteiger partial charge in [0, 0.05) is 0 Å². The summed E-state index contributed by atoms with van der Waals surface area (Å²) in [4.78, 5) is 0. The summed E-state index contributed by atoms with van der Waals surface area (Å²) in [6.45, 7) is 9.24. The summed E-state index contributed by atoms with van der Waals surface area (Å²) < 4.78 is 0. The van der Waals surface area contributed by atoms with Crippen molar-refractivity contribution in [2.45, 2.75) is 79.1 Å². The maximum absolute atomic E-state index is 2.38. The maximum atomic E-state index is 2.38. The molecule has 0 amide bonds. The number of hydrogen-bond donors (Lipinski definition) is 0. The predicted molar refractivity (Wildman–Crippen MR) is 75.8 cm³/mol. The SMILES string of the molecule is CC(C)CCC/C=C/CCCCCC(C)C. The lowest BCUT2D eigenvalue weighted by molar-refractivity contribution is 0.528. The first-order valence-electron chi connectivity index (χ1n) is 7.28. The molecule has 0 saturated heterocycles. The normalized spacial score (nSPS) is 12.1. The van der Waals surface area contributed by atoms with Crippen LogP contribution in [0.3, 0.4) is 0 Å². The summed E-state index contributed by atoms with van der Waals surface area (Å²) in [5, 5.41) is 0. The highest BCUT2D eigenvalue weighted by molar-refractivity contribution is 4.81. The average Bonchev–Trinajstić information content (AvgIpc) is 2.20. The lowest BCUT2D eigenvalue weighted by Crippen LogP contribution is -1.86. The van der Waals surface area contributed by atoms with E-state index in [0.29, 0.717) is 0 Å². The molecule has 0 spiro atoms. The van der Waals surface area contributed by atoms with Crippen LogP contribution >= 0.6 is 0 Å². The molecule has 0 saturated carbocycles. The van der Waals surface area contributed by atoms with E-state index in [-0.39, 0.29) is 0 Å². The smallest absolute Gasteiger partial charge is 0.0351 e. The van der Waals surface area contributed by atoms with Crippen LogP contribution in [0.2, 0.25) is 0 Å². The quantitative estimate of drug-likeness (QED) is 0.316. The Hall–Kier alpha value is -0.260. The Morgan fingerprint density at radius 1 is 0.625 bits per heavy atom. The largest absolute Gasteiger partial charge is 0.0885 e. The minimum Gasteiger partial charge on any atom is -0.0885 e. The molecule has 0 fully saturated rings. The van der Waals surface area contributed by atoms with Crippen molar-refractivity contribution in [2.24, 2.45) is 11.8 Å². The Bertz CT molecular complexity index is 153. The second-order valence-corrected chi connectivity index (χ2v) is 5.83. The molecule has 0 radical (unpaired) electrons. The van der Waals surface area contributed by atoms with E-state index in [9.17, 15) is 0 Å². The van der Waals surface area contributed by atoms with E-state index in [1.165, 1.54) is 51.4 Å². The minimum absolute atomic E-state index is 0.865. The molecule has 0 aromatic rings. The summed E-state index contributed by atoms with van der Waals surface area (Å²) in [5.74, 6) is 1.75. The van der Waals surface area contributed by atoms with Crippen LogP contribution in [0.4, 0.5) is 0 Å². The first kappa shape index (κ1) is 15.7. The molecule has 0 atom stereocenters. The Balaban J connectivity index is 3.10. The number of hydrogen-bond acceptors (Lipinski definition) is 0. The van der Waals surface area contributed by atoms with Crippen LogP contribution in [0, 0.1) is 11.8 Å². The summed E-state index contributed by atoms with van der Waals surface area (Å²) in [5.41, 5.74) is 0. The molecular formula is C16H32. The first-order valence-corrected chi connectivity index (χ1v) is 7.28. The number of unbranched alkanes of at least 4 members (excludes halogenated alkanes) is 4. The van der Waals surface area contributed by atoms with Crippen molar-refractivity contribution in [1.82, 2.24) is 0 Å². The third kappa shape index (κ3) is 13.7. The van der Waals surface area contributed by atoms with Gasteiger partial charge >= 0.3 is 0 Å². The zero-order chi connectivity index (χ0) is 12.2. The number of allylic oxidation sites excluding steroid dienone is 2. The summed E-state index contributed by atoms with van der Waals surface area (Å²) in [6.07, 6.45) is 15.7. The highest BCUT2D eigenvalue weighted by atomic mass is 14.0. The molecule has 0 nitrogen and oxygen atoms in total.